The van der Waals surface area contributed by atoms with E-state index in [1.807, 2.05) is 6.92 Å². The van der Waals surface area contributed by atoms with Gasteiger partial charge in [0.05, 0.1) is 6.04 Å². The zero-order valence-corrected chi connectivity index (χ0v) is 8.26. The molecule has 0 radical (unpaired) electrons. The fourth-order valence-electron chi connectivity index (χ4n) is 1.50. The average molecular weight is 169 g/mol. The predicted octanol–water partition coefficient (Wildman–Crippen LogP) is 1.73. The molecule has 1 fully saturated rings. The predicted molar refractivity (Wildman–Crippen MR) is 49.8 cm³/mol. The van der Waals surface area contributed by atoms with Gasteiger partial charge in [0.2, 0.25) is 0 Å². The van der Waals surface area contributed by atoms with Crippen molar-refractivity contribution in [3.8, 4) is 0 Å². The van der Waals surface area contributed by atoms with Gasteiger partial charge in [0, 0.05) is 5.41 Å². The maximum absolute atomic E-state index is 11.6. The van der Waals surface area contributed by atoms with Crippen molar-refractivity contribution in [2.24, 2.45) is 17.1 Å². The lowest BCUT2D eigenvalue weighted by molar-refractivity contribution is -0.125. The number of nitrogens with two attached hydrogens (primary N) is 1. The molecule has 0 aliphatic heterocycles. The summed E-state index contributed by atoms with van der Waals surface area (Å²) in [6.07, 6.45) is 2.91. The molecular weight excluding hydrogens is 150 g/mol. The Kier molecular flexibility index (Phi) is 2.57. The molecule has 12 heavy (non-hydrogen) atoms. The molecule has 2 nitrogen and oxygen atoms in total. The van der Waals surface area contributed by atoms with E-state index in [4.69, 9.17) is 5.73 Å². The van der Waals surface area contributed by atoms with Crippen molar-refractivity contribution in [1.29, 1.82) is 0 Å². The first-order chi connectivity index (χ1) is 5.46. The normalized spacial score (nSPS) is 22.4. The summed E-state index contributed by atoms with van der Waals surface area (Å²) in [4.78, 5) is 11.6. The molecule has 0 saturated heterocycles. The lowest BCUT2D eigenvalue weighted by Gasteiger charge is -2.16. The second kappa shape index (κ2) is 3.17. The Morgan fingerprint density at radius 2 is 2.00 bits per heavy atom. The number of hydrogen-bond acceptors (Lipinski definition) is 2. The summed E-state index contributed by atoms with van der Waals surface area (Å²) in [5.74, 6) is 0.794. The van der Waals surface area contributed by atoms with E-state index in [-0.39, 0.29) is 17.2 Å². The van der Waals surface area contributed by atoms with Crippen LogP contribution in [0.15, 0.2) is 0 Å². The minimum Gasteiger partial charge on any atom is -0.321 e. The van der Waals surface area contributed by atoms with Crippen molar-refractivity contribution in [2.45, 2.75) is 46.1 Å². The monoisotopic (exact) mass is 169 g/mol. The van der Waals surface area contributed by atoms with Crippen molar-refractivity contribution < 1.29 is 4.79 Å². The highest BCUT2D eigenvalue weighted by molar-refractivity contribution is 5.91. The second-order valence-electron chi connectivity index (χ2n) is 4.66. The van der Waals surface area contributed by atoms with Gasteiger partial charge in [-0.15, -0.1) is 0 Å². The first-order valence-electron chi connectivity index (χ1n) is 4.75. The number of carbonyl (C=O) groups is 1. The van der Waals surface area contributed by atoms with E-state index >= 15 is 0 Å². The number of rotatable bonds is 4. The van der Waals surface area contributed by atoms with Crippen LogP contribution in [-0.2, 0) is 4.79 Å². The Morgan fingerprint density at radius 1 is 1.50 bits per heavy atom. The van der Waals surface area contributed by atoms with Gasteiger partial charge in [0.25, 0.3) is 0 Å². The third-order valence-corrected chi connectivity index (χ3v) is 2.66. The van der Waals surface area contributed by atoms with E-state index < -0.39 is 0 Å². The fourth-order valence-corrected chi connectivity index (χ4v) is 1.50. The highest BCUT2D eigenvalue weighted by Gasteiger charge is 2.46. The third-order valence-electron chi connectivity index (χ3n) is 2.66. The van der Waals surface area contributed by atoms with Crippen LogP contribution in [0.1, 0.15) is 40.0 Å². The summed E-state index contributed by atoms with van der Waals surface area (Å²) in [5, 5.41) is 0. The molecule has 0 spiro atoms. The van der Waals surface area contributed by atoms with E-state index in [2.05, 4.69) is 13.8 Å². The minimum atomic E-state index is -0.225. The molecule has 0 unspecified atom stereocenters. The van der Waals surface area contributed by atoms with Gasteiger partial charge >= 0.3 is 0 Å². The molecule has 70 valence electrons. The summed E-state index contributed by atoms with van der Waals surface area (Å²) >= 11 is 0. The van der Waals surface area contributed by atoms with Gasteiger partial charge in [-0.1, -0.05) is 20.8 Å². The maximum Gasteiger partial charge on any atom is 0.155 e. The summed E-state index contributed by atoms with van der Waals surface area (Å²) in [6, 6.07) is -0.225. The van der Waals surface area contributed by atoms with Crippen LogP contribution in [-0.4, -0.2) is 11.8 Å². The minimum absolute atomic E-state index is 0.0473. The van der Waals surface area contributed by atoms with Crippen LogP contribution in [0.5, 0.6) is 0 Å². The zero-order valence-electron chi connectivity index (χ0n) is 8.26. The Bertz CT molecular complexity index is 182. The number of hydrogen-bond donors (Lipinski definition) is 1. The van der Waals surface area contributed by atoms with Crippen LogP contribution in [0.3, 0.4) is 0 Å². The standard InChI is InChI=1S/C10H19NO/c1-7(2)6-8(11)9(12)10(3)4-5-10/h7-8H,4-6,11H2,1-3H3/t8-/m1/s1. The molecule has 1 atom stereocenters. The molecule has 0 aromatic carbocycles. The van der Waals surface area contributed by atoms with Crippen molar-refractivity contribution in [2.75, 3.05) is 0 Å². The quantitative estimate of drug-likeness (QED) is 0.696. The van der Waals surface area contributed by atoms with Crippen molar-refractivity contribution in [3.05, 3.63) is 0 Å². The van der Waals surface area contributed by atoms with Crippen molar-refractivity contribution in [3.63, 3.8) is 0 Å². The van der Waals surface area contributed by atoms with Gasteiger partial charge in [-0.3, -0.25) is 4.79 Å². The number of ketones is 1. The lowest BCUT2D eigenvalue weighted by Crippen LogP contribution is -2.36. The SMILES string of the molecule is CC(C)C[C@@H](N)C(=O)C1(C)CC1. The van der Waals surface area contributed by atoms with Gasteiger partial charge in [0.1, 0.15) is 0 Å². The van der Waals surface area contributed by atoms with E-state index in [0.29, 0.717) is 5.92 Å². The third kappa shape index (κ3) is 2.07. The Morgan fingerprint density at radius 3 is 2.33 bits per heavy atom. The van der Waals surface area contributed by atoms with Crippen LogP contribution in [0.2, 0.25) is 0 Å². The van der Waals surface area contributed by atoms with Gasteiger partial charge in [0.15, 0.2) is 5.78 Å². The second-order valence-corrected chi connectivity index (χ2v) is 4.66. The first kappa shape index (κ1) is 9.72. The van der Waals surface area contributed by atoms with Crippen LogP contribution in [0, 0.1) is 11.3 Å². The summed E-state index contributed by atoms with van der Waals surface area (Å²) in [5.41, 5.74) is 5.75. The van der Waals surface area contributed by atoms with Gasteiger partial charge in [-0.2, -0.15) is 0 Å². The van der Waals surface area contributed by atoms with Crippen LogP contribution in [0.25, 0.3) is 0 Å². The summed E-state index contributed by atoms with van der Waals surface area (Å²) < 4.78 is 0. The number of carbonyl (C=O) groups excluding carboxylic acids is 1. The highest BCUT2D eigenvalue weighted by atomic mass is 16.1. The molecule has 0 amide bonds. The molecular formula is C10H19NO. The topological polar surface area (TPSA) is 43.1 Å². The van der Waals surface area contributed by atoms with Gasteiger partial charge < -0.3 is 5.73 Å². The van der Waals surface area contributed by atoms with E-state index in [9.17, 15) is 4.79 Å². The Hall–Kier alpha value is -0.370. The van der Waals surface area contributed by atoms with Crippen LogP contribution < -0.4 is 5.73 Å². The molecule has 1 saturated carbocycles. The zero-order chi connectivity index (χ0) is 9.35. The molecule has 0 aromatic heterocycles. The summed E-state index contributed by atoms with van der Waals surface area (Å²) in [6.45, 7) is 6.22. The van der Waals surface area contributed by atoms with Crippen LogP contribution in [0.4, 0.5) is 0 Å². The van der Waals surface area contributed by atoms with Crippen molar-refractivity contribution in [1.82, 2.24) is 0 Å². The van der Waals surface area contributed by atoms with E-state index in [1.165, 1.54) is 0 Å². The largest absolute Gasteiger partial charge is 0.321 e. The summed E-state index contributed by atoms with van der Waals surface area (Å²) in [7, 11) is 0. The van der Waals surface area contributed by atoms with E-state index in [0.717, 1.165) is 19.3 Å². The van der Waals surface area contributed by atoms with E-state index in [1.54, 1.807) is 0 Å². The van der Waals surface area contributed by atoms with Crippen LogP contribution >= 0.6 is 0 Å². The fraction of sp³-hybridized carbons (Fsp3) is 0.900. The highest BCUT2D eigenvalue weighted by Crippen LogP contribution is 2.46. The Labute approximate surface area is 74.5 Å². The molecule has 1 aliphatic rings. The molecule has 2 heteroatoms. The maximum atomic E-state index is 11.6. The molecule has 0 aromatic rings. The smallest absolute Gasteiger partial charge is 0.155 e. The first-order valence-corrected chi connectivity index (χ1v) is 4.75. The van der Waals surface area contributed by atoms with Gasteiger partial charge in [-0.25, -0.2) is 0 Å². The molecule has 2 N–H and O–H groups in total. The Balaban J connectivity index is 2.42. The lowest BCUT2D eigenvalue weighted by atomic mass is 9.92. The molecule has 0 heterocycles. The van der Waals surface area contributed by atoms with Crippen molar-refractivity contribution >= 4 is 5.78 Å². The molecule has 1 rings (SSSR count). The van der Waals surface area contributed by atoms with Gasteiger partial charge in [-0.05, 0) is 25.2 Å². The molecule has 1 aliphatic carbocycles. The molecule has 0 bridgehead atoms. The average Bonchev–Trinajstić information content (AvgIpc) is 2.66. The number of Topliss-reactive ketones (excluding diaryl/α,β-unsaturated/α-hetero) is 1.